The number of nitrogens with one attached hydrogen (secondary N) is 1. The van der Waals surface area contributed by atoms with Gasteiger partial charge < -0.3 is 5.41 Å². The Kier molecular flexibility index (Phi) is 2.55. The summed E-state index contributed by atoms with van der Waals surface area (Å²) in [5.41, 5.74) is 1.13. The fraction of sp³-hybridized carbons (Fsp3) is 0.111. The third-order valence-corrected chi connectivity index (χ3v) is 1.38. The molecule has 0 saturated carbocycles. The largest absolute Gasteiger partial charge is 0.302 e. The van der Waals surface area contributed by atoms with Crippen LogP contribution in [0, 0.1) is 5.41 Å². The minimum absolute atomic E-state index is 0.121. The smallest absolute Gasteiger partial charge is 0.163 e. The zero-order valence-electron chi connectivity index (χ0n) is 6.08. The van der Waals surface area contributed by atoms with Crippen LogP contribution in [-0.2, 0) is 11.2 Å². The predicted octanol–water partition coefficient (Wildman–Crippen LogP) is 1.45. The van der Waals surface area contributed by atoms with Crippen molar-refractivity contribution in [2.45, 2.75) is 6.42 Å². The standard InChI is InChI=1S/C9H9NO/c10-9(7-11)6-8-4-2-1-3-5-8/h1-5,7,10H,6H2. The Balaban J connectivity index is 2.65. The van der Waals surface area contributed by atoms with Crippen molar-refractivity contribution in [3.8, 4) is 0 Å². The molecule has 1 aromatic carbocycles. The van der Waals surface area contributed by atoms with E-state index in [9.17, 15) is 4.79 Å². The molecule has 0 fully saturated rings. The summed E-state index contributed by atoms with van der Waals surface area (Å²) in [6.07, 6.45) is 1.01. The number of carbonyl (C=O) groups is 1. The van der Waals surface area contributed by atoms with Gasteiger partial charge in [-0.1, -0.05) is 30.3 Å². The molecule has 0 amide bonds. The molecule has 1 rings (SSSR count). The van der Waals surface area contributed by atoms with E-state index in [4.69, 9.17) is 5.41 Å². The lowest BCUT2D eigenvalue weighted by molar-refractivity contribution is -0.102. The van der Waals surface area contributed by atoms with Crippen molar-refractivity contribution in [2.24, 2.45) is 0 Å². The Hall–Kier alpha value is -1.44. The van der Waals surface area contributed by atoms with Crippen LogP contribution >= 0.6 is 0 Å². The zero-order valence-corrected chi connectivity index (χ0v) is 6.08. The molecule has 0 aliphatic heterocycles. The van der Waals surface area contributed by atoms with E-state index < -0.39 is 0 Å². The Morgan fingerprint density at radius 3 is 2.55 bits per heavy atom. The van der Waals surface area contributed by atoms with E-state index >= 15 is 0 Å². The lowest BCUT2D eigenvalue weighted by atomic mass is 10.1. The van der Waals surface area contributed by atoms with Crippen LogP contribution in [0.5, 0.6) is 0 Å². The Labute approximate surface area is 65.4 Å². The predicted molar refractivity (Wildman–Crippen MR) is 43.9 cm³/mol. The molecule has 2 nitrogen and oxygen atoms in total. The summed E-state index contributed by atoms with van der Waals surface area (Å²) >= 11 is 0. The topological polar surface area (TPSA) is 40.9 Å². The van der Waals surface area contributed by atoms with Crippen molar-refractivity contribution in [2.75, 3.05) is 0 Å². The second-order valence-corrected chi connectivity index (χ2v) is 2.31. The Bertz CT molecular complexity index is 254. The summed E-state index contributed by atoms with van der Waals surface area (Å²) in [7, 11) is 0. The third-order valence-electron chi connectivity index (χ3n) is 1.38. The number of carbonyl (C=O) groups excluding carboxylic acids is 1. The van der Waals surface area contributed by atoms with Crippen LogP contribution < -0.4 is 0 Å². The van der Waals surface area contributed by atoms with Crippen LogP contribution in [0.4, 0.5) is 0 Å². The van der Waals surface area contributed by atoms with Gasteiger partial charge in [-0.3, -0.25) is 4.79 Å². The highest BCUT2D eigenvalue weighted by Gasteiger charge is 1.94. The van der Waals surface area contributed by atoms with Gasteiger partial charge in [-0.05, 0) is 5.56 Å². The summed E-state index contributed by atoms with van der Waals surface area (Å²) in [6, 6.07) is 9.50. The van der Waals surface area contributed by atoms with E-state index in [1.54, 1.807) is 0 Å². The van der Waals surface area contributed by atoms with Crippen LogP contribution in [0.3, 0.4) is 0 Å². The average molecular weight is 147 g/mol. The normalized spacial score (nSPS) is 9.09. The van der Waals surface area contributed by atoms with Crippen LogP contribution in [0.2, 0.25) is 0 Å². The number of aldehydes is 1. The van der Waals surface area contributed by atoms with Gasteiger partial charge in [0.2, 0.25) is 0 Å². The lowest BCUT2D eigenvalue weighted by Gasteiger charge is -1.95. The average Bonchev–Trinajstić information content (AvgIpc) is 2.06. The van der Waals surface area contributed by atoms with E-state index in [2.05, 4.69) is 0 Å². The molecule has 1 N–H and O–H groups in total. The van der Waals surface area contributed by atoms with E-state index in [1.807, 2.05) is 30.3 Å². The monoisotopic (exact) mass is 147 g/mol. The molecule has 0 aliphatic rings. The van der Waals surface area contributed by atoms with Crippen LogP contribution in [0.1, 0.15) is 5.56 Å². The molecule has 0 saturated heterocycles. The van der Waals surface area contributed by atoms with Crippen molar-refractivity contribution in [1.29, 1.82) is 5.41 Å². The number of hydrogen-bond donors (Lipinski definition) is 1. The van der Waals surface area contributed by atoms with Crippen molar-refractivity contribution < 1.29 is 4.79 Å². The van der Waals surface area contributed by atoms with Gasteiger partial charge >= 0.3 is 0 Å². The fourth-order valence-electron chi connectivity index (χ4n) is 0.857. The van der Waals surface area contributed by atoms with Gasteiger partial charge in [0.05, 0.1) is 5.71 Å². The summed E-state index contributed by atoms with van der Waals surface area (Å²) in [5, 5.41) is 7.11. The zero-order chi connectivity index (χ0) is 8.10. The van der Waals surface area contributed by atoms with E-state index in [-0.39, 0.29) is 5.71 Å². The first-order valence-corrected chi connectivity index (χ1v) is 3.39. The molecule has 0 atom stereocenters. The quantitative estimate of drug-likeness (QED) is 0.510. The third kappa shape index (κ3) is 2.34. The van der Waals surface area contributed by atoms with Gasteiger partial charge in [0.1, 0.15) is 0 Å². The summed E-state index contributed by atoms with van der Waals surface area (Å²) in [6.45, 7) is 0. The molecule has 0 unspecified atom stereocenters. The SMILES string of the molecule is N=C(C=O)Cc1ccccc1. The van der Waals surface area contributed by atoms with Crippen LogP contribution in [-0.4, -0.2) is 12.0 Å². The first-order valence-electron chi connectivity index (χ1n) is 3.39. The molecule has 0 spiro atoms. The van der Waals surface area contributed by atoms with Crippen LogP contribution in [0.15, 0.2) is 30.3 Å². The molecule has 0 bridgehead atoms. The molecular weight excluding hydrogens is 138 g/mol. The first kappa shape index (κ1) is 7.66. The molecule has 56 valence electrons. The van der Waals surface area contributed by atoms with Crippen LogP contribution in [0.25, 0.3) is 0 Å². The molecule has 0 radical (unpaired) electrons. The summed E-state index contributed by atoms with van der Waals surface area (Å²) in [4.78, 5) is 10.1. The highest BCUT2D eigenvalue weighted by molar-refractivity contribution is 6.27. The molecule has 0 aromatic heterocycles. The van der Waals surface area contributed by atoms with Gasteiger partial charge in [0.25, 0.3) is 0 Å². The van der Waals surface area contributed by atoms with Gasteiger partial charge in [-0.25, -0.2) is 0 Å². The Morgan fingerprint density at radius 1 is 1.36 bits per heavy atom. The molecule has 11 heavy (non-hydrogen) atoms. The summed E-state index contributed by atoms with van der Waals surface area (Å²) < 4.78 is 0. The lowest BCUT2D eigenvalue weighted by Crippen LogP contribution is -2.01. The second kappa shape index (κ2) is 3.66. The van der Waals surface area contributed by atoms with E-state index in [1.165, 1.54) is 0 Å². The highest BCUT2D eigenvalue weighted by Crippen LogP contribution is 1.98. The maximum atomic E-state index is 10.1. The van der Waals surface area contributed by atoms with Gasteiger partial charge in [-0.2, -0.15) is 0 Å². The minimum Gasteiger partial charge on any atom is -0.302 e. The maximum absolute atomic E-state index is 10.1. The van der Waals surface area contributed by atoms with Gasteiger partial charge in [0, 0.05) is 6.42 Å². The fourth-order valence-corrected chi connectivity index (χ4v) is 0.857. The molecule has 1 aromatic rings. The van der Waals surface area contributed by atoms with Crippen molar-refractivity contribution >= 4 is 12.0 Å². The van der Waals surface area contributed by atoms with Gasteiger partial charge in [-0.15, -0.1) is 0 Å². The Morgan fingerprint density at radius 2 is 2.00 bits per heavy atom. The molecule has 2 heteroatoms. The minimum atomic E-state index is 0.121. The summed E-state index contributed by atoms with van der Waals surface area (Å²) in [5.74, 6) is 0. The highest BCUT2D eigenvalue weighted by atomic mass is 16.1. The number of hydrogen-bond acceptors (Lipinski definition) is 2. The number of benzene rings is 1. The maximum Gasteiger partial charge on any atom is 0.163 e. The van der Waals surface area contributed by atoms with E-state index in [0.29, 0.717) is 12.7 Å². The van der Waals surface area contributed by atoms with E-state index in [0.717, 1.165) is 5.56 Å². The number of rotatable bonds is 3. The van der Waals surface area contributed by atoms with Crippen molar-refractivity contribution in [3.05, 3.63) is 35.9 Å². The molecule has 0 heterocycles. The molecular formula is C9H9NO. The van der Waals surface area contributed by atoms with Gasteiger partial charge in [0.15, 0.2) is 6.29 Å². The van der Waals surface area contributed by atoms with Crippen molar-refractivity contribution in [3.63, 3.8) is 0 Å². The van der Waals surface area contributed by atoms with Crippen molar-refractivity contribution in [1.82, 2.24) is 0 Å². The molecule has 0 aliphatic carbocycles. The second-order valence-electron chi connectivity index (χ2n) is 2.31. The first-order chi connectivity index (χ1) is 5.33.